The maximum atomic E-state index is 11.7. The van der Waals surface area contributed by atoms with Crippen molar-refractivity contribution >= 4 is 11.6 Å². The van der Waals surface area contributed by atoms with Gasteiger partial charge in [0.1, 0.15) is 0 Å². The molecule has 1 aromatic carbocycles. The largest absolute Gasteiger partial charge is 0.358 e. The molecule has 0 spiro atoms. The van der Waals surface area contributed by atoms with E-state index in [1.165, 1.54) is 0 Å². The van der Waals surface area contributed by atoms with Gasteiger partial charge in [-0.3, -0.25) is 9.59 Å². The number of carbonyl (C=O) groups is 2. The number of aromatic nitrogens is 1. The summed E-state index contributed by atoms with van der Waals surface area (Å²) in [4.78, 5) is 26.0. The molecule has 0 saturated carbocycles. The minimum Gasteiger partial charge on any atom is -0.358 e. The van der Waals surface area contributed by atoms with Gasteiger partial charge in [-0.1, -0.05) is 30.3 Å². The smallest absolute Gasteiger partial charge is 0.249 e. The van der Waals surface area contributed by atoms with Gasteiger partial charge in [-0.2, -0.15) is 0 Å². The zero-order chi connectivity index (χ0) is 10.7. The molecule has 3 nitrogen and oxygen atoms in total. The minimum absolute atomic E-state index is 0.323. The molecule has 0 atom stereocenters. The van der Waals surface area contributed by atoms with Crippen LogP contribution in [0, 0.1) is 0 Å². The van der Waals surface area contributed by atoms with E-state index in [4.69, 9.17) is 0 Å². The van der Waals surface area contributed by atoms with Gasteiger partial charge in [-0.15, -0.1) is 0 Å². The van der Waals surface area contributed by atoms with Gasteiger partial charge in [-0.25, -0.2) is 0 Å². The number of H-pyrrole nitrogens is 1. The number of hydrogen-bond donors (Lipinski definition) is 1. The third-order valence-electron chi connectivity index (χ3n) is 2.08. The molecule has 0 aliphatic heterocycles. The second-order valence-electron chi connectivity index (χ2n) is 3.11. The third-order valence-corrected chi connectivity index (χ3v) is 2.08. The summed E-state index contributed by atoms with van der Waals surface area (Å²) in [5, 5.41) is 0. The number of ketones is 2. The molecule has 1 heterocycles. The van der Waals surface area contributed by atoms with E-state index < -0.39 is 11.6 Å². The van der Waals surface area contributed by atoms with Gasteiger partial charge in [0.2, 0.25) is 11.6 Å². The fraction of sp³-hybridized carbons (Fsp3) is 0. The summed E-state index contributed by atoms with van der Waals surface area (Å²) in [6, 6.07) is 11.8. The van der Waals surface area contributed by atoms with Crippen LogP contribution in [0.3, 0.4) is 0 Å². The number of nitrogens with one attached hydrogen (secondary N) is 1. The van der Waals surface area contributed by atoms with Crippen LogP contribution in [-0.2, 0) is 0 Å². The number of aromatic amines is 1. The van der Waals surface area contributed by atoms with Crippen molar-refractivity contribution < 1.29 is 9.59 Å². The van der Waals surface area contributed by atoms with Crippen LogP contribution in [0.5, 0.6) is 0 Å². The quantitative estimate of drug-likeness (QED) is 0.607. The van der Waals surface area contributed by atoms with Gasteiger partial charge in [0, 0.05) is 11.8 Å². The maximum Gasteiger partial charge on any atom is 0.249 e. The highest BCUT2D eigenvalue weighted by atomic mass is 16.2. The lowest BCUT2D eigenvalue weighted by molar-refractivity contribution is 0.0814. The van der Waals surface area contributed by atoms with Crippen LogP contribution in [0.1, 0.15) is 20.8 Å². The Bertz CT molecular complexity index is 472. The minimum atomic E-state index is -0.508. The molecule has 0 aliphatic rings. The first-order valence-electron chi connectivity index (χ1n) is 4.56. The molecule has 1 N–H and O–H groups in total. The third kappa shape index (κ3) is 1.86. The van der Waals surface area contributed by atoms with Gasteiger partial charge in [0.05, 0.1) is 5.69 Å². The first-order valence-corrected chi connectivity index (χ1v) is 4.56. The van der Waals surface area contributed by atoms with Crippen LogP contribution in [0.4, 0.5) is 0 Å². The number of hydrogen-bond acceptors (Lipinski definition) is 2. The number of rotatable bonds is 3. The average Bonchev–Trinajstić information content (AvgIpc) is 2.82. The zero-order valence-electron chi connectivity index (χ0n) is 7.94. The summed E-state index contributed by atoms with van der Waals surface area (Å²) in [5.41, 5.74) is 0.737. The van der Waals surface area contributed by atoms with Gasteiger partial charge in [-0.05, 0) is 12.1 Å². The molecule has 0 saturated heterocycles. The highest BCUT2D eigenvalue weighted by Gasteiger charge is 2.18. The molecule has 0 bridgehead atoms. The Balaban J connectivity index is 2.27. The lowest BCUT2D eigenvalue weighted by Crippen LogP contribution is -2.14. The van der Waals surface area contributed by atoms with Crippen molar-refractivity contribution in [1.82, 2.24) is 4.98 Å². The van der Waals surface area contributed by atoms with Crippen molar-refractivity contribution in [2.24, 2.45) is 0 Å². The van der Waals surface area contributed by atoms with Gasteiger partial charge in [0.15, 0.2) is 0 Å². The first kappa shape index (κ1) is 9.40. The van der Waals surface area contributed by atoms with E-state index in [-0.39, 0.29) is 0 Å². The Morgan fingerprint density at radius 2 is 1.60 bits per heavy atom. The molecule has 3 heteroatoms. The Morgan fingerprint density at radius 1 is 0.867 bits per heavy atom. The van der Waals surface area contributed by atoms with Crippen LogP contribution in [0.25, 0.3) is 0 Å². The molecule has 0 radical (unpaired) electrons. The zero-order valence-corrected chi connectivity index (χ0v) is 7.94. The van der Waals surface area contributed by atoms with Crippen LogP contribution >= 0.6 is 0 Å². The standard InChI is InChI=1S/C12H9NO2/c14-11(9-5-2-1-3-6-9)12(15)10-7-4-8-13-10/h1-8,13H. The van der Waals surface area contributed by atoms with Crippen molar-refractivity contribution in [1.29, 1.82) is 0 Å². The Kier molecular flexibility index (Phi) is 2.46. The van der Waals surface area contributed by atoms with Crippen molar-refractivity contribution in [3.8, 4) is 0 Å². The molecule has 0 fully saturated rings. The predicted octanol–water partition coefficient (Wildman–Crippen LogP) is 2.08. The average molecular weight is 199 g/mol. The Morgan fingerprint density at radius 3 is 2.20 bits per heavy atom. The Labute approximate surface area is 86.8 Å². The molecule has 1 aromatic heterocycles. The van der Waals surface area contributed by atoms with E-state index in [9.17, 15) is 9.59 Å². The molecule has 0 aliphatic carbocycles. The highest BCUT2D eigenvalue weighted by molar-refractivity contribution is 6.48. The molecule has 2 rings (SSSR count). The van der Waals surface area contributed by atoms with Gasteiger partial charge in [0.25, 0.3) is 0 Å². The van der Waals surface area contributed by atoms with E-state index in [0.29, 0.717) is 11.3 Å². The number of benzene rings is 1. The summed E-state index contributed by atoms with van der Waals surface area (Å²) in [6.45, 7) is 0. The number of Topliss-reactive ketones (excluding diaryl/α,β-unsaturated/α-hetero) is 2. The van der Waals surface area contributed by atoms with E-state index in [2.05, 4.69) is 4.98 Å². The topological polar surface area (TPSA) is 49.9 Å². The number of carbonyl (C=O) groups excluding carboxylic acids is 2. The fourth-order valence-electron chi connectivity index (χ4n) is 1.31. The molecule has 15 heavy (non-hydrogen) atoms. The van der Waals surface area contributed by atoms with Gasteiger partial charge >= 0.3 is 0 Å². The van der Waals surface area contributed by atoms with Crippen LogP contribution in [0.15, 0.2) is 48.7 Å². The van der Waals surface area contributed by atoms with Gasteiger partial charge < -0.3 is 4.98 Å². The molecular weight excluding hydrogens is 190 g/mol. The van der Waals surface area contributed by atoms with Crippen molar-refractivity contribution in [2.45, 2.75) is 0 Å². The molecular formula is C12H9NO2. The van der Waals surface area contributed by atoms with Crippen molar-refractivity contribution in [3.63, 3.8) is 0 Å². The molecule has 0 amide bonds. The first-order chi connectivity index (χ1) is 7.29. The summed E-state index contributed by atoms with van der Waals surface area (Å²) in [6.07, 6.45) is 1.62. The van der Waals surface area contributed by atoms with Crippen molar-refractivity contribution in [2.75, 3.05) is 0 Å². The maximum absolute atomic E-state index is 11.7. The SMILES string of the molecule is O=C(C(=O)c1ccc[nH]1)c1ccccc1. The lowest BCUT2D eigenvalue weighted by atomic mass is 10.1. The van der Waals surface area contributed by atoms with E-state index in [1.807, 2.05) is 0 Å². The predicted molar refractivity (Wildman–Crippen MR) is 55.9 cm³/mol. The van der Waals surface area contributed by atoms with Crippen LogP contribution in [0.2, 0.25) is 0 Å². The molecule has 2 aromatic rings. The lowest BCUT2D eigenvalue weighted by Gasteiger charge is -1.97. The molecule has 74 valence electrons. The summed E-state index contributed by atoms with van der Waals surface area (Å²) in [5.74, 6) is -0.996. The second kappa shape index (κ2) is 3.92. The highest BCUT2D eigenvalue weighted by Crippen LogP contribution is 2.05. The van der Waals surface area contributed by atoms with Crippen molar-refractivity contribution in [3.05, 3.63) is 59.9 Å². The molecule has 0 unspecified atom stereocenters. The van der Waals surface area contributed by atoms with E-state index in [0.717, 1.165) is 0 Å². The monoisotopic (exact) mass is 199 g/mol. The van der Waals surface area contributed by atoms with E-state index >= 15 is 0 Å². The summed E-state index contributed by atoms with van der Waals surface area (Å²) >= 11 is 0. The fourth-order valence-corrected chi connectivity index (χ4v) is 1.31. The summed E-state index contributed by atoms with van der Waals surface area (Å²) < 4.78 is 0. The van der Waals surface area contributed by atoms with E-state index in [1.54, 1.807) is 48.7 Å². The normalized spacial score (nSPS) is 9.87. The second-order valence-corrected chi connectivity index (χ2v) is 3.11. The van der Waals surface area contributed by atoms with Crippen LogP contribution in [-0.4, -0.2) is 16.6 Å². The Hall–Kier alpha value is -2.16. The van der Waals surface area contributed by atoms with Crippen LogP contribution < -0.4 is 0 Å². The summed E-state index contributed by atoms with van der Waals surface area (Å²) in [7, 11) is 0.